The van der Waals surface area contributed by atoms with E-state index >= 15 is 0 Å². The van der Waals surface area contributed by atoms with Crippen molar-refractivity contribution in [3.63, 3.8) is 0 Å². The second kappa shape index (κ2) is 7.05. The summed E-state index contributed by atoms with van der Waals surface area (Å²) in [5, 5.41) is 8.93. The molecule has 0 saturated carbocycles. The van der Waals surface area contributed by atoms with E-state index in [1.807, 2.05) is 0 Å². The molecule has 3 amide bonds. The normalized spacial score (nSPS) is 15.2. The van der Waals surface area contributed by atoms with Crippen molar-refractivity contribution >= 4 is 52.2 Å². The number of amides is 3. The molecule has 0 saturated heterocycles. The second-order valence-electron chi connectivity index (χ2n) is 6.55. The number of ether oxygens (including phenoxy) is 1. The van der Waals surface area contributed by atoms with Crippen molar-refractivity contribution in [2.24, 2.45) is 5.41 Å². The van der Waals surface area contributed by atoms with Gasteiger partial charge in [-0.2, -0.15) is 0 Å². The molecule has 136 valence electrons. The molecule has 0 fully saturated rings. The van der Waals surface area contributed by atoms with Gasteiger partial charge >= 0.3 is 6.03 Å². The van der Waals surface area contributed by atoms with Crippen molar-refractivity contribution in [1.82, 2.24) is 0 Å². The predicted molar refractivity (Wildman–Crippen MR) is 103 cm³/mol. The molecule has 2 aromatic rings. The number of anilines is 3. The zero-order chi connectivity index (χ0) is 18.9. The van der Waals surface area contributed by atoms with E-state index in [1.54, 1.807) is 50.2 Å². The van der Waals surface area contributed by atoms with Crippen LogP contribution in [0.1, 0.15) is 13.8 Å². The quantitative estimate of drug-likeness (QED) is 0.671. The molecule has 0 atom stereocenters. The number of rotatable bonds is 2. The summed E-state index contributed by atoms with van der Waals surface area (Å²) >= 11 is 11.8. The van der Waals surface area contributed by atoms with E-state index in [1.165, 1.54) is 0 Å². The molecule has 3 N–H and O–H groups in total. The molecule has 0 bridgehead atoms. The number of halogens is 2. The molecule has 0 radical (unpaired) electrons. The van der Waals surface area contributed by atoms with Crippen LogP contribution in [0.2, 0.25) is 10.0 Å². The third kappa shape index (κ3) is 4.03. The van der Waals surface area contributed by atoms with Crippen molar-refractivity contribution < 1.29 is 14.3 Å². The highest BCUT2D eigenvalue weighted by Gasteiger charge is 2.32. The molecular formula is C18H17Cl2N3O3. The lowest BCUT2D eigenvalue weighted by atomic mass is 9.94. The molecule has 6 nitrogen and oxygen atoms in total. The Hall–Kier alpha value is -2.44. The van der Waals surface area contributed by atoms with Crippen LogP contribution in [0.3, 0.4) is 0 Å². The first-order chi connectivity index (χ1) is 12.2. The van der Waals surface area contributed by atoms with Crippen molar-refractivity contribution in [2.45, 2.75) is 13.8 Å². The highest BCUT2D eigenvalue weighted by Crippen LogP contribution is 2.34. The van der Waals surface area contributed by atoms with Gasteiger partial charge in [0.1, 0.15) is 12.4 Å². The van der Waals surface area contributed by atoms with Gasteiger partial charge in [0.05, 0.1) is 21.1 Å². The van der Waals surface area contributed by atoms with Crippen molar-refractivity contribution in [3.8, 4) is 5.75 Å². The lowest BCUT2D eigenvalue weighted by Gasteiger charge is -2.18. The van der Waals surface area contributed by atoms with Gasteiger partial charge in [0.2, 0.25) is 5.91 Å². The number of urea groups is 1. The van der Waals surface area contributed by atoms with Gasteiger partial charge in [-0.25, -0.2) is 4.79 Å². The summed E-state index contributed by atoms with van der Waals surface area (Å²) in [6, 6.07) is 9.37. The molecule has 1 heterocycles. The van der Waals surface area contributed by atoms with Crippen LogP contribution in [0.25, 0.3) is 0 Å². The first kappa shape index (κ1) is 18.4. The van der Waals surface area contributed by atoms with Gasteiger partial charge in [0.15, 0.2) is 0 Å². The molecule has 2 aromatic carbocycles. The zero-order valence-corrected chi connectivity index (χ0v) is 15.7. The number of carbonyl (C=O) groups excluding carboxylic acids is 2. The minimum atomic E-state index is -0.641. The van der Waals surface area contributed by atoms with E-state index in [4.69, 9.17) is 27.9 Å². The Morgan fingerprint density at radius 3 is 2.42 bits per heavy atom. The van der Waals surface area contributed by atoms with Gasteiger partial charge in [0.25, 0.3) is 0 Å². The molecule has 26 heavy (non-hydrogen) atoms. The Morgan fingerprint density at radius 1 is 1.08 bits per heavy atom. The van der Waals surface area contributed by atoms with Gasteiger partial charge in [-0.15, -0.1) is 0 Å². The maximum Gasteiger partial charge on any atom is 0.323 e. The molecule has 3 rings (SSSR count). The standard InChI is InChI=1S/C18H17Cl2N3O3/c1-18(2)9-26-15-6-4-11(8-14(15)23-16(18)24)22-17(25)21-10-3-5-12(19)13(20)7-10/h3-8H,9H2,1-2H3,(H,23,24)(H2,21,22,25). The number of fused-ring (bicyclic) bond motifs is 1. The first-order valence-electron chi connectivity index (χ1n) is 7.86. The highest BCUT2D eigenvalue weighted by atomic mass is 35.5. The average Bonchev–Trinajstić information content (AvgIpc) is 2.67. The Bertz CT molecular complexity index is 884. The lowest BCUT2D eigenvalue weighted by Crippen LogP contribution is -2.33. The average molecular weight is 394 g/mol. The molecule has 8 heteroatoms. The third-order valence-electron chi connectivity index (χ3n) is 3.87. The summed E-state index contributed by atoms with van der Waals surface area (Å²) in [5.74, 6) is 0.410. The number of carbonyl (C=O) groups is 2. The van der Waals surface area contributed by atoms with Gasteiger partial charge in [-0.3, -0.25) is 4.79 Å². The minimum Gasteiger partial charge on any atom is -0.490 e. The fourth-order valence-corrected chi connectivity index (χ4v) is 2.61. The fraction of sp³-hybridized carbons (Fsp3) is 0.222. The van der Waals surface area contributed by atoms with Crippen molar-refractivity contribution in [1.29, 1.82) is 0 Å². The van der Waals surface area contributed by atoms with E-state index in [2.05, 4.69) is 16.0 Å². The summed E-state index contributed by atoms with van der Waals surface area (Å²) in [4.78, 5) is 24.4. The van der Waals surface area contributed by atoms with E-state index in [9.17, 15) is 9.59 Å². The number of benzene rings is 2. The van der Waals surface area contributed by atoms with E-state index in [0.717, 1.165) is 0 Å². The van der Waals surface area contributed by atoms with Crippen LogP contribution in [-0.2, 0) is 4.79 Å². The number of hydrogen-bond acceptors (Lipinski definition) is 3. The second-order valence-corrected chi connectivity index (χ2v) is 7.36. The Balaban J connectivity index is 1.72. The predicted octanol–water partition coefficient (Wildman–Crippen LogP) is 4.99. The minimum absolute atomic E-state index is 0.145. The summed E-state index contributed by atoms with van der Waals surface area (Å²) in [6.07, 6.45) is 0. The van der Waals surface area contributed by atoms with E-state index < -0.39 is 11.4 Å². The molecule has 0 spiro atoms. The topological polar surface area (TPSA) is 79.5 Å². The summed E-state index contributed by atoms with van der Waals surface area (Å²) in [5.41, 5.74) is 0.876. The fourth-order valence-electron chi connectivity index (χ4n) is 2.31. The van der Waals surface area contributed by atoms with Crippen molar-refractivity contribution in [3.05, 3.63) is 46.4 Å². The maximum absolute atomic E-state index is 12.2. The summed E-state index contributed by atoms with van der Waals surface area (Å²) < 4.78 is 5.68. The van der Waals surface area contributed by atoms with Crippen LogP contribution in [-0.4, -0.2) is 18.5 Å². The SMILES string of the molecule is CC1(C)COc2ccc(NC(=O)Nc3ccc(Cl)c(Cl)c3)cc2NC1=O. The van der Waals surface area contributed by atoms with Gasteiger partial charge in [-0.05, 0) is 50.2 Å². The molecular weight excluding hydrogens is 377 g/mol. The lowest BCUT2D eigenvalue weighted by molar-refractivity contribution is -0.124. The Morgan fingerprint density at radius 2 is 1.73 bits per heavy atom. The Labute approximate surface area is 160 Å². The highest BCUT2D eigenvalue weighted by molar-refractivity contribution is 6.42. The molecule has 0 aliphatic carbocycles. The molecule has 1 aliphatic heterocycles. The number of nitrogens with one attached hydrogen (secondary N) is 3. The first-order valence-corrected chi connectivity index (χ1v) is 8.61. The molecule has 0 unspecified atom stereocenters. The maximum atomic E-state index is 12.2. The van der Waals surface area contributed by atoms with Crippen LogP contribution in [0.4, 0.5) is 21.9 Å². The van der Waals surface area contributed by atoms with Crippen LogP contribution in [0.15, 0.2) is 36.4 Å². The van der Waals surface area contributed by atoms with Crippen LogP contribution in [0, 0.1) is 5.41 Å². The van der Waals surface area contributed by atoms with Gasteiger partial charge in [-0.1, -0.05) is 23.2 Å². The summed E-state index contributed by atoms with van der Waals surface area (Å²) in [6.45, 7) is 3.88. The Kier molecular flexibility index (Phi) is 4.98. The van der Waals surface area contributed by atoms with Crippen LogP contribution < -0.4 is 20.7 Å². The smallest absolute Gasteiger partial charge is 0.323 e. The largest absolute Gasteiger partial charge is 0.490 e. The van der Waals surface area contributed by atoms with Gasteiger partial charge < -0.3 is 20.7 Å². The van der Waals surface area contributed by atoms with Gasteiger partial charge in [0, 0.05) is 11.4 Å². The number of hydrogen-bond donors (Lipinski definition) is 3. The summed E-state index contributed by atoms with van der Waals surface area (Å²) in [7, 11) is 0. The van der Waals surface area contributed by atoms with Crippen LogP contribution >= 0.6 is 23.2 Å². The molecule has 1 aliphatic rings. The van der Waals surface area contributed by atoms with E-state index in [-0.39, 0.29) is 12.5 Å². The van der Waals surface area contributed by atoms with Crippen molar-refractivity contribution in [2.75, 3.05) is 22.6 Å². The van der Waals surface area contributed by atoms with E-state index in [0.29, 0.717) is 32.9 Å². The monoisotopic (exact) mass is 393 g/mol. The third-order valence-corrected chi connectivity index (χ3v) is 4.61. The zero-order valence-electron chi connectivity index (χ0n) is 14.2. The molecule has 0 aromatic heterocycles. The van der Waals surface area contributed by atoms with Crippen LogP contribution in [0.5, 0.6) is 5.75 Å².